The van der Waals surface area contributed by atoms with Crippen molar-refractivity contribution in [1.82, 2.24) is 5.32 Å². The second-order valence-electron chi connectivity index (χ2n) is 3.21. The number of carbonyl (C=O) groups is 2. The lowest BCUT2D eigenvalue weighted by molar-refractivity contribution is -0.142. The van der Waals surface area contributed by atoms with Gasteiger partial charge in [-0.1, -0.05) is 0 Å². The highest BCUT2D eigenvalue weighted by Gasteiger charge is 2.21. The van der Waals surface area contributed by atoms with Gasteiger partial charge in [-0.15, -0.1) is 0 Å². The van der Waals surface area contributed by atoms with Gasteiger partial charge in [0.05, 0.1) is 12.0 Å². The van der Waals surface area contributed by atoms with E-state index in [1.165, 1.54) is 6.92 Å². The van der Waals surface area contributed by atoms with Crippen molar-refractivity contribution < 1.29 is 14.7 Å². The molecule has 13 heavy (non-hydrogen) atoms. The van der Waals surface area contributed by atoms with E-state index in [-0.39, 0.29) is 5.91 Å². The number of aliphatic carboxylic acids is 1. The van der Waals surface area contributed by atoms with E-state index in [1.807, 2.05) is 0 Å². The highest BCUT2D eigenvalue weighted by molar-refractivity contribution is 5.82. The van der Waals surface area contributed by atoms with Crippen molar-refractivity contribution in [3.8, 4) is 0 Å². The number of carbonyl (C=O) groups excluding carboxylic acids is 1. The molecule has 0 aliphatic rings. The molecular formula is C8H16N2O3. The van der Waals surface area contributed by atoms with Gasteiger partial charge in [-0.25, -0.2) is 0 Å². The van der Waals surface area contributed by atoms with E-state index in [0.29, 0.717) is 0 Å². The Bertz CT molecular complexity index is 204. The van der Waals surface area contributed by atoms with Crippen molar-refractivity contribution in [2.75, 3.05) is 0 Å². The molecule has 0 radical (unpaired) electrons. The molecule has 0 heterocycles. The van der Waals surface area contributed by atoms with Crippen molar-refractivity contribution in [3.05, 3.63) is 0 Å². The minimum atomic E-state index is -0.933. The Labute approximate surface area is 77.3 Å². The molecule has 0 fully saturated rings. The topological polar surface area (TPSA) is 92.4 Å². The van der Waals surface area contributed by atoms with Gasteiger partial charge in [-0.3, -0.25) is 9.59 Å². The second kappa shape index (κ2) is 4.81. The number of hydrogen-bond donors (Lipinski definition) is 3. The molecule has 4 N–H and O–H groups in total. The first-order chi connectivity index (χ1) is 5.86. The van der Waals surface area contributed by atoms with Crippen LogP contribution in [-0.4, -0.2) is 29.1 Å². The molecule has 0 aromatic rings. The van der Waals surface area contributed by atoms with Crippen LogP contribution in [0.15, 0.2) is 0 Å². The largest absolute Gasteiger partial charge is 0.481 e. The van der Waals surface area contributed by atoms with Gasteiger partial charge in [0.25, 0.3) is 0 Å². The number of nitrogens with one attached hydrogen (secondary N) is 1. The quantitative estimate of drug-likeness (QED) is 0.557. The van der Waals surface area contributed by atoms with E-state index in [9.17, 15) is 9.59 Å². The van der Waals surface area contributed by atoms with Crippen LogP contribution >= 0.6 is 0 Å². The fourth-order valence-corrected chi connectivity index (χ4v) is 0.695. The summed E-state index contributed by atoms with van der Waals surface area (Å²) >= 11 is 0. The van der Waals surface area contributed by atoms with Crippen LogP contribution in [0.25, 0.3) is 0 Å². The predicted molar refractivity (Wildman–Crippen MR) is 48.1 cm³/mol. The van der Waals surface area contributed by atoms with Gasteiger partial charge < -0.3 is 16.2 Å². The smallest absolute Gasteiger partial charge is 0.308 e. The molecule has 0 spiro atoms. The van der Waals surface area contributed by atoms with Crippen LogP contribution in [0.2, 0.25) is 0 Å². The minimum absolute atomic E-state index is 0.333. The summed E-state index contributed by atoms with van der Waals surface area (Å²) < 4.78 is 0. The number of carboxylic acids is 1. The Kier molecular flexibility index (Phi) is 4.40. The first kappa shape index (κ1) is 11.9. The van der Waals surface area contributed by atoms with E-state index in [2.05, 4.69) is 5.32 Å². The lowest BCUT2D eigenvalue weighted by Crippen LogP contribution is -2.46. The van der Waals surface area contributed by atoms with Gasteiger partial charge in [-0.05, 0) is 20.8 Å². The van der Waals surface area contributed by atoms with E-state index in [1.54, 1.807) is 13.8 Å². The maximum atomic E-state index is 11.1. The van der Waals surface area contributed by atoms with Crippen molar-refractivity contribution in [1.29, 1.82) is 0 Å². The Balaban J connectivity index is 4.07. The summed E-state index contributed by atoms with van der Waals surface area (Å²) in [6, 6.07) is -1.01. The fraction of sp³-hybridized carbons (Fsp3) is 0.750. The SMILES string of the molecule is CC(NC(=O)[C@H](C)N)C(C)C(=O)O. The Morgan fingerprint density at radius 2 is 1.77 bits per heavy atom. The van der Waals surface area contributed by atoms with Gasteiger partial charge in [0.15, 0.2) is 0 Å². The fourth-order valence-electron chi connectivity index (χ4n) is 0.695. The van der Waals surface area contributed by atoms with Crippen molar-refractivity contribution in [3.63, 3.8) is 0 Å². The summed E-state index contributed by atoms with van der Waals surface area (Å²) in [5.41, 5.74) is 5.30. The molecule has 2 unspecified atom stereocenters. The van der Waals surface area contributed by atoms with Gasteiger partial charge in [0.2, 0.25) is 5.91 Å². The monoisotopic (exact) mass is 188 g/mol. The normalized spacial score (nSPS) is 17.2. The van der Waals surface area contributed by atoms with Crippen LogP contribution < -0.4 is 11.1 Å². The number of carboxylic acid groups (broad SMARTS) is 1. The zero-order chi connectivity index (χ0) is 10.6. The highest BCUT2D eigenvalue weighted by atomic mass is 16.4. The highest BCUT2D eigenvalue weighted by Crippen LogP contribution is 2.02. The lowest BCUT2D eigenvalue weighted by Gasteiger charge is -2.18. The molecule has 3 atom stereocenters. The summed E-state index contributed by atoms with van der Waals surface area (Å²) in [5.74, 6) is -1.87. The first-order valence-corrected chi connectivity index (χ1v) is 4.15. The maximum absolute atomic E-state index is 11.1. The molecule has 1 amide bonds. The predicted octanol–water partition coefficient (Wildman–Crippen LogP) is -0.441. The van der Waals surface area contributed by atoms with Crippen LogP contribution in [0.4, 0.5) is 0 Å². The van der Waals surface area contributed by atoms with Crippen LogP contribution in [0, 0.1) is 5.92 Å². The molecule has 5 nitrogen and oxygen atoms in total. The molecule has 0 rings (SSSR count). The van der Waals surface area contributed by atoms with E-state index in [4.69, 9.17) is 10.8 Å². The van der Waals surface area contributed by atoms with Crippen LogP contribution in [-0.2, 0) is 9.59 Å². The molecule has 0 aromatic heterocycles. The summed E-state index contributed by atoms with van der Waals surface area (Å²) in [5, 5.41) is 11.1. The standard InChI is InChI=1S/C8H16N2O3/c1-4(8(12)13)6(3)10-7(11)5(2)9/h4-6H,9H2,1-3H3,(H,10,11)(H,12,13)/t4?,5-,6?/m0/s1. The van der Waals surface area contributed by atoms with Crippen LogP contribution in [0.3, 0.4) is 0 Å². The second-order valence-corrected chi connectivity index (χ2v) is 3.21. The molecule has 0 saturated heterocycles. The Morgan fingerprint density at radius 1 is 1.31 bits per heavy atom. The van der Waals surface area contributed by atoms with E-state index in [0.717, 1.165) is 0 Å². The third kappa shape index (κ3) is 3.89. The summed E-state index contributed by atoms with van der Waals surface area (Å²) in [7, 11) is 0. The Morgan fingerprint density at radius 3 is 2.08 bits per heavy atom. The van der Waals surface area contributed by atoms with Crippen LogP contribution in [0.5, 0.6) is 0 Å². The van der Waals surface area contributed by atoms with Gasteiger partial charge in [0, 0.05) is 6.04 Å². The third-order valence-electron chi connectivity index (χ3n) is 1.92. The zero-order valence-electron chi connectivity index (χ0n) is 8.07. The molecule has 76 valence electrons. The molecule has 0 saturated carbocycles. The first-order valence-electron chi connectivity index (χ1n) is 4.15. The molecule has 0 aliphatic carbocycles. The van der Waals surface area contributed by atoms with Crippen molar-refractivity contribution in [2.45, 2.75) is 32.9 Å². The van der Waals surface area contributed by atoms with Gasteiger partial charge in [0.1, 0.15) is 0 Å². The maximum Gasteiger partial charge on any atom is 0.308 e. The Hall–Kier alpha value is -1.10. The molecular weight excluding hydrogens is 172 g/mol. The minimum Gasteiger partial charge on any atom is -0.481 e. The summed E-state index contributed by atoms with van der Waals surface area (Å²) in [6.45, 7) is 4.72. The average molecular weight is 188 g/mol. The van der Waals surface area contributed by atoms with Crippen molar-refractivity contribution >= 4 is 11.9 Å². The van der Waals surface area contributed by atoms with Gasteiger partial charge in [-0.2, -0.15) is 0 Å². The van der Waals surface area contributed by atoms with Gasteiger partial charge >= 0.3 is 5.97 Å². The number of rotatable bonds is 4. The lowest BCUT2D eigenvalue weighted by atomic mass is 10.0. The number of hydrogen-bond acceptors (Lipinski definition) is 3. The van der Waals surface area contributed by atoms with Crippen LogP contribution in [0.1, 0.15) is 20.8 Å². The number of amides is 1. The average Bonchev–Trinajstić information content (AvgIpc) is 2.02. The van der Waals surface area contributed by atoms with E-state index >= 15 is 0 Å². The molecule has 0 aliphatic heterocycles. The van der Waals surface area contributed by atoms with E-state index < -0.39 is 24.0 Å². The molecule has 0 bridgehead atoms. The third-order valence-corrected chi connectivity index (χ3v) is 1.92. The zero-order valence-corrected chi connectivity index (χ0v) is 8.07. The summed E-state index contributed by atoms with van der Waals surface area (Å²) in [4.78, 5) is 21.6. The molecule has 5 heteroatoms. The number of nitrogens with two attached hydrogens (primary N) is 1. The van der Waals surface area contributed by atoms with Crippen molar-refractivity contribution in [2.24, 2.45) is 11.7 Å². The summed E-state index contributed by atoms with van der Waals surface area (Å²) in [6.07, 6.45) is 0. The molecule has 0 aromatic carbocycles.